The van der Waals surface area contributed by atoms with Crippen molar-refractivity contribution in [3.8, 4) is 5.75 Å². The van der Waals surface area contributed by atoms with Crippen molar-refractivity contribution in [2.24, 2.45) is 0 Å². The van der Waals surface area contributed by atoms with Crippen molar-refractivity contribution in [3.63, 3.8) is 0 Å². The normalized spacial score (nSPS) is 11.3. The van der Waals surface area contributed by atoms with Crippen LogP contribution in [0.25, 0.3) is 0 Å². The van der Waals surface area contributed by atoms with Gasteiger partial charge in [0.15, 0.2) is 0 Å². The second kappa shape index (κ2) is 10.9. The molecule has 0 aromatic heterocycles. The Hall–Kier alpha value is -2.84. The van der Waals surface area contributed by atoms with E-state index < -0.39 is 15.9 Å². The third-order valence-corrected chi connectivity index (χ3v) is 7.03. The summed E-state index contributed by atoms with van der Waals surface area (Å²) in [5.41, 5.74) is 2.20. The highest BCUT2D eigenvalue weighted by molar-refractivity contribution is 9.10. The average Bonchev–Trinajstić information content (AvgIpc) is 2.76. The fourth-order valence-corrected chi connectivity index (χ4v) is 4.97. The van der Waals surface area contributed by atoms with Gasteiger partial charge in [-0.25, -0.2) is 8.42 Å². The third kappa shape index (κ3) is 6.82. The number of hydrogen-bond acceptors (Lipinski definition) is 4. The molecule has 3 aromatic carbocycles. The molecule has 0 aliphatic heterocycles. The lowest BCUT2D eigenvalue weighted by Crippen LogP contribution is -2.40. The van der Waals surface area contributed by atoms with Gasteiger partial charge in [0.25, 0.3) is 10.0 Å². The summed E-state index contributed by atoms with van der Waals surface area (Å²) in [5.74, 6) is 0.301. The minimum Gasteiger partial charge on any atom is -0.491 e. The van der Waals surface area contributed by atoms with Crippen LogP contribution in [-0.4, -0.2) is 27.0 Å². The molecule has 0 atom stereocenters. The topological polar surface area (TPSA) is 75.7 Å². The van der Waals surface area contributed by atoms with Crippen molar-refractivity contribution in [2.45, 2.75) is 38.3 Å². The largest absolute Gasteiger partial charge is 0.491 e. The van der Waals surface area contributed by atoms with Crippen LogP contribution in [0, 0.1) is 6.92 Å². The summed E-state index contributed by atoms with van der Waals surface area (Å²) in [6, 6.07) is 20.9. The molecule has 0 bridgehead atoms. The van der Waals surface area contributed by atoms with E-state index in [1.165, 1.54) is 0 Å². The van der Waals surface area contributed by atoms with Crippen LogP contribution >= 0.6 is 15.9 Å². The fraction of sp³-hybridized carbons (Fsp3) is 0.240. The number of sulfonamides is 1. The molecule has 0 saturated carbocycles. The smallest absolute Gasteiger partial charge is 0.264 e. The number of ether oxygens (including phenoxy) is 1. The Morgan fingerprint density at radius 1 is 1.03 bits per heavy atom. The molecular formula is C25H27BrN2O4S. The zero-order valence-electron chi connectivity index (χ0n) is 18.8. The lowest BCUT2D eigenvalue weighted by Gasteiger charge is -2.24. The van der Waals surface area contributed by atoms with Gasteiger partial charge in [0.2, 0.25) is 5.91 Å². The molecule has 0 unspecified atom stereocenters. The first-order chi connectivity index (χ1) is 15.6. The van der Waals surface area contributed by atoms with Gasteiger partial charge in [-0.15, -0.1) is 0 Å². The molecule has 0 aliphatic carbocycles. The molecular weight excluding hydrogens is 504 g/mol. The lowest BCUT2D eigenvalue weighted by molar-refractivity contribution is -0.119. The van der Waals surface area contributed by atoms with Crippen LogP contribution < -0.4 is 14.4 Å². The third-order valence-electron chi connectivity index (χ3n) is 4.75. The first kappa shape index (κ1) is 24.8. The predicted octanol–water partition coefficient (Wildman–Crippen LogP) is 5.06. The van der Waals surface area contributed by atoms with Gasteiger partial charge in [-0.05, 0) is 68.8 Å². The van der Waals surface area contributed by atoms with Crippen LogP contribution in [0.2, 0.25) is 0 Å². The molecule has 1 amide bonds. The zero-order valence-corrected chi connectivity index (χ0v) is 21.2. The second-order valence-electron chi connectivity index (χ2n) is 7.90. The maximum absolute atomic E-state index is 13.4. The molecule has 0 aliphatic rings. The minimum atomic E-state index is -3.95. The van der Waals surface area contributed by atoms with Gasteiger partial charge >= 0.3 is 0 Å². The van der Waals surface area contributed by atoms with Crippen LogP contribution in [-0.2, 0) is 21.4 Å². The Kier molecular flexibility index (Phi) is 8.15. The summed E-state index contributed by atoms with van der Waals surface area (Å²) in [6.45, 7) is 5.68. The van der Waals surface area contributed by atoms with Crippen LogP contribution in [0.3, 0.4) is 0 Å². The van der Waals surface area contributed by atoms with Crippen LogP contribution in [0.1, 0.15) is 25.0 Å². The number of amides is 1. The monoisotopic (exact) mass is 530 g/mol. The fourth-order valence-electron chi connectivity index (χ4n) is 3.17. The van der Waals surface area contributed by atoms with Gasteiger partial charge in [-0.3, -0.25) is 9.10 Å². The minimum absolute atomic E-state index is 0.0422. The molecule has 0 radical (unpaired) electrons. The first-order valence-corrected chi connectivity index (χ1v) is 12.8. The number of carbonyl (C=O) groups is 1. The number of halogens is 1. The van der Waals surface area contributed by atoms with E-state index in [0.29, 0.717) is 10.2 Å². The first-order valence-electron chi connectivity index (χ1n) is 10.5. The van der Waals surface area contributed by atoms with Gasteiger partial charge in [0.05, 0.1) is 16.7 Å². The summed E-state index contributed by atoms with van der Waals surface area (Å²) in [4.78, 5) is 12.9. The lowest BCUT2D eigenvalue weighted by atomic mass is 10.2. The van der Waals surface area contributed by atoms with Crippen molar-refractivity contribution in [1.29, 1.82) is 0 Å². The van der Waals surface area contributed by atoms with E-state index in [-0.39, 0.29) is 24.1 Å². The van der Waals surface area contributed by atoms with E-state index in [2.05, 4.69) is 21.2 Å². The number of rotatable bonds is 9. The van der Waals surface area contributed by atoms with Gasteiger partial charge in [0.1, 0.15) is 12.3 Å². The van der Waals surface area contributed by atoms with Crippen molar-refractivity contribution < 1.29 is 17.9 Å². The number of anilines is 1. The summed E-state index contributed by atoms with van der Waals surface area (Å²) in [6.07, 6.45) is 0.0422. The number of aryl methyl sites for hydroxylation is 1. The quantitative estimate of drug-likeness (QED) is 0.419. The van der Waals surface area contributed by atoms with Crippen LogP contribution in [0.4, 0.5) is 5.69 Å². The molecule has 0 spiro atoms. The maximum Gasteiger partial charge on any atom is 0.264 e. The molecule has 0 fully saturated rings. The number of benzene rings is 3. The van der Waals surface area contributed by atoms with Gasteiger partial charge in [0, 0.05) is 11.0 Å². The highest BCUT2D eigenvalue weighted by Gasteiger charge is 2.27. The molecule has 0 heterocycles. The Morgan fingerprint density at radius 2 is 1.73 bits per heavy atom. The highest BCUT2D eigenvalue weighted by atomic mass is 79.9. The number of nitrogens with one attached hydrogen (secondary N) is 1. The van der Waals surface area contributed by atoms with Gasteiger partial charge in [-0.1, -0.05) is 51.8 Å². The van der Waals surface area contributed by atoms with E-state index in [0.717, 1.165) is 21.2 Å². The van der Waals surface area contributed by atoms with Gasteiger partial charge < -0.3 is 10.1 Å². The van der Waals surface area contributed by atoms with Crippen molar-refractivity contribution in [2.75, 3.05) is 10.8 Å². The standard InChI is InChI=1S/C25H27BrN2O4S/c1-18(2)32-23-9-4-6-20(14-23)16-27-25(29)17-28(22-8-5-7-21(26)15-22)33(30,31)24-12-10-19(3)11-13-24/h4-15,18H,16-17H2,1-3H3,(H,27,29). The van der Waals surface area contributed by atoms with E-state index in [9.17, 15) is 13.2 Å². The van der Waals surface area contributed by atoms with Crippen molar-refractivity contribution in [3.05, 3.63) is 88.4 Å². The molecule has 8 heteroatoms. The maximum atomic E-state index is 13.4. The van der Waals surface area contributed by atoms with E-state index >= 15 is 0 Å². The molecule has 3 aromatic rings. The molecule has 3 rings (SSSR count). The highest BCUT2D eigenvalue weighted by Crippen LogP contribution is 2.26. The Labute approximate surface area is 203 Å². The Morgan fingerprint density at radius 3 is 2.39 bits per heavy atom. The van der Waals surface area contributed by atoms with Crippen LogP contribution in [0.15, 0.2) is 82.2 Å². The summed E-state index contributed by atoms with van der Waals surface area (Å²) >= 11 is 3.38. The molecule has 1 N–H and O–H groups in total. The Balaban J connectivity index is 1.80. The van der Waals surface area contributed by atoms with Crippen molar-refractivity contribution in [1.82, 2.24) is 5.32 Å². The molecule has 0 saturated heterocycles. The average molecular weight is 531 g/mol. The predicted molar refractivity (Wildman–Crippen MR) is 134 cm³/mol. The molecule has 33 heavy (non-hydrogen) atoms. The zero-order chi connectivity index (χ0) is 24.0. The number of nitrogens with zero attached hydrogens (tertiary/aromatic N) is 1. The Bertz CT molecular complexity index is 1210. The SMILES string of the molecule is Cc1ccc(S(=O)(=O)N(CC(=O)NCc2cccc(OC(C)C)c2)c2cccc(Br)c2)cc1. The van der Waals surface area contributed by atoms with Crippen molar-refractivity contribution >= 4 is 37.5 Å². The molecule has 6 nitrogen and oxygen atoms in total. The summed E-state index contributed by atoms with van der Waals surface area (Å²) < 4.78 is 34.4. The van der Waals surface area contributed by atoms with Crippen LogP contribution in [0.5, 0.6) is 5.75 Å². The van der Waals surface area contributed by atoms with E-state index in [1.807, 2.05) is 45.0 Å². The van der Waals surface area contributed by atoms with E-state index in [1.54, 1.807) is 48.5 Å². The summed E-state index contributed by atoms with van der Waals surface area (Å²) in [7, 11) is -3.95. The summed E-state index contributed by atoms with van der Waals surface area (Å²) in [5, 5.41) is 2.81. The van der Waals surface area contributed by atoms with E-state index in [4.69, 9.17) is 4.74 Å². The number of carbonyl (C=O) groups excluding carboxylic acids is 1. The number of hydrogen-bond donors (Lipinski definition) is 1. The van der Waals surface area contributed by atoms with Gasteiger partial charge in [-0.2, -0.15) is 0 Å². The molecule has 174 valence electrons. The second-order valence-corrected chi connectivity index (χ2v) is 10.7.